The SMILES string of the molecule is Fc1ccc(Oc2cc(Cl)ncn2)c(F)c1. The Morgan fingerprint density at radius 2 is 1.94 bits per heavy atom. The number of rotatable bonds is 2. The molecule has 0 aliphatic rings. The van der Waals surface area contributed by atoms with Crippen LogP contribution < -0.4 is 4.74 Å². The second-order valence-corrected chi connectivity index (χ2v) is 3.24. The summed E-state index contributed by atoms with van der Waals surface area (Å²) in [4.78, 5) is 7.36. The van der Waals surface area contributed by atoms with E-state index in [-0.39, 0.29) is 16.8 Å². The summed E-state index contributed by atoms with van der Waals surface area (Å²) >= 11 is 5.59. The lowest BCUT2D eigenvalue weighted by atomic mass is 10.3. The van der Waals surface area contributed by atoms with E-state index in [2.05, 4.69) is 9.97 Å². The molecule has 2 aromatic rings. The second kappa shape index (κ2) is 4.40. The number of nitrogens with zero attached hydrogens (tertiary/aromatic N) is 2. The van der Waals surface area contributed by atoms with Crippen molar-refractivity contribution in [2.75, 3.05) is 0 Å². The lowest BCUT2D eigenvalue weighted by molar-refractivity contribution is 0.423. The van der Waals surface area contributed by atoms with Crippen molar-refractivity contribution in [3.05, 3.63) is 47.4 Å². The van der Waals surface area contributed by atoms with Gasteiger partial charge in [0.1, 0.15) is 17.3 Å². The van der Waals surface area contributed by atoms with Crippen LogP contribution in [0.1, 0.15) is 0 Å². The maximum Gasteiger partial charge on any atom is 0.223 e. The summed E-state index contributed by atoms with van der Waals surface area (Å²) in [6.45, 7) is 0. The molecule has 16 heavy (non-hydrogen) atoms. The first-order chi connectivity index (χ1) is 7.65. The lowest BCUT2D eigenvalue weighted by Gasteiger charge is -2.05. The lowest BCUT2D eigenvalue weighted by Crippen LogP contribution is -1.92. The van der Waals surface area contributed by atoms with Gasteiger partial charge in [-0.15, -0.1) is 0 Å². The summed E-state index contributed by atoms with van der Waals surface area (Å²) in [7, 11) is 0. The molecule has 0 aliphatic heterocycles. The molecule has 1 heterocycles. The van der Waals surface area contributed by atoms with E-state index < -0.39 is 11.6 Å². The van der Waals surface area contributed by atoms with E-state index in [0.717, 1.165) is 12.1 Å². The van der Waals surface area contributed by atoms with Gasteiger partial charge in [0.15, 0.2) is 11.6 Å². The molecule has 0 aliphatic carbocycles. The van der Waals surface area contributed by atoms with Crippen molar-refractivity contribution < 1.29 is 13.5 Å². The van der Waals surface area contributed by atoms with Crippen molar-refractivity contribution in [3.8, 4) is 11.6 Å². The normalized spacial score (nSPS) is 10.2. The van der Waals surface area contributed by atoms with Crippen molar-refractivity contribution >= 4 is 11.6 Å². The summed E-state index contributed by atoms with van der Waals surface area (Å²) in [5.41, 5.74) is 0. The largest absolute Gasteiger partial charge is 0.436 e. The minimum absolute atomic E-state index is 0.0884. The monoisotopic (exact) mass is 242 g/mol. The molecule has 0 N–H and O–H groups in total. The fraction of sp³-hybridized carbons (Fsp3) is 0. The smallest absolute Gasteiger partial charge is 0.223 e. The average molecular weight is 243 g/mol. The van der Waals surface area contributed by atoms with Crippen LogP contribution in [0.2, 0.25) is 5.15 Å². The maximum atomic E-state index is 13.2. The standard InChI is InChI=1S/C10H5ClF2N2O/c11-9-4-10(15-5-14-9)16-8-2-1-6(12)3-7(8)13/h1-5H. The Hall–Kier alpha value is -1.75. The molecule has 0 saturated carbocycles. The van der Waals surface area contributed by atoms with Gasteiger partial charge in [0.05, 0.1) is 0 Å². The van der Waals surface area contributed by atoms with Gasteiger partial charge in [0.25, 0.3) is 0 Å². The Bertz CT molecular complexity index is 522. The van der Waals surface area contributed by atoms with E-state index >= 15 is 0 Å². The van der Waals surface area contributed by atoms with Gasteiger partial charge in [-0.1, -0.05) is 11.6 Å². The van der Waals surface area contributed by atoms with Crippen LogP contribution in [-0.2, 0) is 0 Å². The predicted octanol–water partition coefficient (Wildman–Crippen LogP) is 3.20. The Morgan fingerprint density at radius 3 is 2.62 bits per heavy atom. The maximum absolute atomic E-state index is 13.2. The molecule has 0 bridgehead atoms. The molecule has 3 nitrogen and oxygen atoms in total. The molecule has 0 amide bonds. The van der Waals surface area contributed by atoms with Crippen molar-refractivity contribution in [2.45, 2.75) is 0 Å². The second-order valence-electron chi connectivity index (χ2n) is 2.86. The van der Waals surface area contributed by atoms with Crippen LogP contribution >= 0.6 is 11.6 Å². The van der Waals surface area contributed by atoms with E-state index in [1.807, 2.05) is 0 Å². The first-order valence-corrected chi connectivity index (χ1v) is 4.63. The molecule has 0 spiro atoms. The van der Waals surface area contributed by atoms with Gasteiger partial charge >= 0.3 is 0 Å². The predicted molar refractivity (Wildman–Crippen MR) is 53.5 cm³/mol. The third kappa shape index (κ3) is 2.43. The third-order valence-electron chi connectivity index (χ3n) is 1.72. The van der Waals surface area contributed by atoms with Gasteiger partial charge in [0, 0.05) is 12.1 Å². The Morgan fingerprint density at radius 1 is 1.12 bits per heavy atom. The highest BCUT2D eigenvalue weighted by Crippen LogP contribution is 2.24. The summed E-state index contributed by atoms with van der Waals surface area (Å²) < 4.78 is 30.9. The van der Waals surface area contributed by atoms with Crippen LogP contribution in [0.4, 0.5) is 8.78 Å². The molecular formula is C10H5ClF2N2O. The number of benzene rings is 1. The molecule has 6 heteroatoms. The highest BCUT2D eigenvalue weighted by atomic mass is 35.5. The van der Waals surface area contributed by atoms with E-state index in [0.29, 0.717) is 0 Å². The average Bonchev–Trinajstić information content (AvgIpc) is 2.22. The van der Waals surface area contributed by atoms with Crippen LogP contribution in [0.25, 0.3) is 0 Å². The van der Waals surface area contributed by atoms with Crippen molar-refractivity contribution in [1.82, 2.24) is 9.97 Å². The first-order valence-electron chi connectivity index (χ1n) is 4.25. The van der Waals surface area contributed by atoms with E-state index in [1.165, 1.54) is 18.5 Å². The van der Waals surface area contributed by atoms with E-state index in [4.69, 9.17) is 16.3 Å². The minimum atomic E-state index is -0.810. The zero-order chi connectivity index (χ0) is 11.5. The number of hydrogen-bond acceptors (Lipinski definition) is 3. The number of halogens is 3. The third-order valence-corrected chi connectivity index (χ3v) is 1.92. The van der Waals surface area contributed by atoms with Crippen LogP contribution in [-0.4, -0.2) is 9.97 Å². The zero-order valence-corrected chi connectivity index (χ0v) is 8.58. The van der Waals surface area contributed by atoms with Crippen molar-refractivity contribution in [2.24, 2.45) is 0 Å². The summed E-state index contributed by atoms with van der Waals surface area (Å²) in [6, 6.07) is 4.30. The molecule has 2 rings (SSSR count). The van der Waals surface area contributed by atoms with E-state index in [1.54, 1.807) is 0 Å². The molecule has 0 fully saturated rings. The number of hydrogen-bond donors (Lipinski definition) is 0. The summed E-state index contributed by atoms with van der Waals surface area (Å²) in [6.07, 6.45) is 1.18. The molecule has 0 saturated heterocycles. The fourth-order valence-electron chi connectivity index (χ4n) is 1.04. The first kappa shape index (κ1) is 10.8. The van der Waals surface area contributed by atoms with Crippen LogP contribution in [0.3, 0.4) is 0 Å². The Balaban J connectivity index is 2.27. The van der Waals surface area contributed by atoms with Crippen LogP contribution in [0, 0.1) is 11.6 Å². The Kier molecular flexibility index (Phi) is 2.96. The quantitative estimate of drug-likeness (QED) is 0.759. The molecule has 0 unspecified atom stereocenters. The fourth-order valence-corrected chi connectivity index (χ4v) is 1.18. The van der Waals surface area contributed by atoms with Crippen LogP contribution in [0.5, 0.6) is 11.6 Å². The molecule has 82 valence electrons. The van der Waals surface area contributed by atoms with Crippen LogP contribution in [0.15, 0.2) is 30.6 Å². The minimum Gasteiger partial charge on any atom is -0.436 e. The molecular weight excluding hydrogens is 238 g/mol. The van der Waals surface area contributed by atoms with Gasteiger partial charge < -0.3 is 4.74 Å². The highest BCUT2D eigenvalue weighted by molar-refractivity contribution is 6.29. The molecule has 0 radical (unpaired) electrons. The highest BCUT2D eigenvalue weighted by Gasteiger charge is 2.07. The molecule has 1 aromatic carbocycles. The molecule has 0 atom stereocenters. The summed E-state index contributed by atoms with van der Waals surface area (Å²) in [5.74, 6) is -1.53. The number of ether oxygens (including phenoxy) is 1. The van der Waals surface area contributed by atoms with Gasteiger partial charge in [0.2, 0.25) is 5.88 Å². The van der Waals surface area contributed by atoms with Gasteiger partial charge in [-0.25, -0.2) is 18.7 Å². The van der Waals surface area contributed by atoms with Crippen molar-refractivity contribution in [3.63, 3.8) is 0 Å². The van der Waals surface area contributed by atoms with Gasteiger partial charge in [-0.2, -0.15) is 0 Å². The number of aromatic nitrogens is 2. The van der Waals surface area contributed by atoms with Gasteiger partial charge in [-0.05, 0) is 12.1 Å². The Labute approximate surface area is 94.7 Å². The van der Waals surface area contributed by atoms with Crippen molar-refractivity contribution in [1.29, 1.82) is 0 Å². The zero-order valence-electron chi connectivity index (χ0n) is 7.82. The van der Waals surface area contributed by atoms with Gasteiger partial charge in [-0.3, -0.25) is 0 Å². The summed E-state index contributed by atoms with van der Waals surface area (Å²) in [5, 5.41) is 0.174. The van der Waals surface area contributed by atoms with E-state index in [9.17, 15) is 8.78 Å². The molecule has 1 aromatic heterocycles. The topological polar surface area (TPSA) is 35.0 Å².